The summed E-state index contributed by atoms with van der Waals surface area (Å²) in [7, 11) is 1.39. The maximum absolute atomic E-state index is 13.6. The first-order valence-corrected chi connectivity index (χ1v) is 8.69. The Kier molecular flexibility index (Phi) is 5.90. The highest BCUT2D eigenvalue weighted by molar-refractivity contribution is 5.95. The molecule has 1 fully saturated rings. The van der Waals surface area contributed by atoms with Crippen molar-refractivity contribution < 1.29 is 23.5 Å². The summed E-state index contributed by atoms with van der Waals surface area (Å²) in [5, 5.41) is 2.67. The lowest BCUT2D eigenvalue weighted by molar-refractivity contribution is -0.123. The van der Waals surface area contributed by atoms with Crippen LogP contribution in [0.5, 0.6) is 11.5 Å². The minimum absolute atomic E-state index is 0.0941. The van der Waals surface area contributed by atoms with Gasteiger partial charge in [-0.1, -0.05) is 12.1 Å². The van der Waals surface area contributed by atoms with E-state index >= 15 is 0 Å². The number of methoxy groups -OCH3 is 1. The summed E-state index contributed by atoms with van der Waals surface area (Å²) in [4.78, 5) is 25.5. The number of benzene rings is 2. The predicted octanol–water partition coefficient (Wildman–Crippen LogP) is 2.66. The van der Waals surface area contributed by atoms with Gasteiger partial charge in [0.05, 0.1) is 7.11 Å². The number of rotatable bonds is 7. The third kappa shape index (κ3) is 4.75. The summed E-state index contributed by atoms with van der Waals surface area (Å²) in [6, 6.07) is 11.6. The van der Waals surface area contributed by atoms with Crippen LogP contribution in [0.4, 0.5) is 10.1 Å². The van der Waals surface area contributed by atoms with E-state index in [2.05, 4.69) is 5.32 Å². The molecule has 0 bridgehead atoms. The van der Waals surface area contributed by atoms with Crippen LogP contribution in [0.1, 0.15) is 18.4 Å². The van der Waals surface area contributed by atoms with Gasteiger partial charge in [0.25, 0.3) is 5.91 Å². The second kappa shape index (κ2) is 8.53. The van der Waals surface area contributed by atoms with Gasteiger partial charge in [0.15, 0.2) is 18.2 Å². The topological polar surface area (TPSA) is 67.9 Å². The molecule has 2 amide bonds. The Morgan fingerprint density at radius 1 is 1.26 bits per heavy atom. The minimum Gasteiger partial charge on any atom is -0.494 e. The standard InChI is InChI=1S/C20H21FN2O4/c1-26-18-8-7-14(10-17(18)21)12-22-19(24)13-27-16-5-2-4-15(11-16)23-9-3-6-20(23)25/h2,4-5,7-8,10-11H,3,6,9,12-13H2,1H3,(H,22,24). The molecule has 2 aromatic carbocycles. The molecular weight excluding hydrogens is 351 g/mol. The highest BCUT2D eigenvalue weighted by Crippen LogP contribution is 2.25. The summed E-state index contributed by atoms with van der Waals surface area (Å²) in [6.07, 6.45) is 1.40. The molecule has 0 spiro atoms. The molecule has 1 aliphatic heterocycles. The lowest BCUT2D eigenvalue weighted by Gasteiger charge is -2.16. The number of carbonyl (C=O) groups excluding carboxylic acids is 2. The molecule has 0 aromatic heterocycles. The fourth-order valence-electron chi connectivity index (χ4n) is 2.88. The predicted molar refractivity (Wildman–Crippen MR) is 98.3 cm³/mol. The quantitative estimate of drug-likeness (QED) is 0.811. The van der Waals surface area contributed by atoms with Crippen molar-refractivity contribution in [3.05, 3.63) is 53.8 Å². The molecule has 6 nitrogen and oxygen atoms in total. The molecule has 0 unspecified atom stereocenters. The van der Waals surface area contributed by atoms with Gasteiger partial charge in [-0.3, -0.25) is 9.59 Å². The lowest BCUT2D eigenvalue weighted by Crippen LogP contribution is -2.28. The Hall–Kier alpha value is -3.09. The Morgan fingerprint density at radius 2 is 2.11 bits per heavy atom. The molecule has 1 aliphatic rings. The van der Waals surface area contributed by atoms with Crippen LogP contribution in [0.2, 0.25) is 0 Å². The Morgan fingerprint density at radius 3 is 2.81 bits per heavy atom. The first kappa shape index (κ1) is 18.7. The smallest absolute Gasteiger partial charge is 0.258 e. The molecule has 0 atom stereocenters. The van der Waals surface area contributed by atoms with E-state index in [-0.39, 0.29) is 30.7 Å². The van der Waals surface area contributed by atoms with Gasteiger partial charge >= 0.3 is 0 Å². The van der Waals surface area contributed by atoms with E-state index in [0.29, 0.717) is 24.3 Å². The van der Waals surface area contributed by atoms with E-state index in [1.165, 1.54) is 19.2 Å². The number of carbonyl (C=O) groups is 2. The largest absolute Gasteiger partial charge is 0.494 e. The van der Waals surface area contributed by atoms with E-state index < -0.39 is 5.82 Å². The van der Waals surface area contributed by atoms with Crippen molar-refractivity contribution in [3.63, 3.8) is 0 Å². The maximum Gasteiger partial charge on any atom is 0.258 e. The van der Waals surface area contributed by atoms with Crippen LogP contribution in [-0.2, 0) is 16.1 Å². The number of nitrogens with one attached hydrogen (secondary N) is 1. The van der Waals surface area contributed by atoms with Gasteiger partial charge < -0.3 is 19.7 Å². The van der Waals surface area contributed by atoms with Crippen molar-refractivity contribution >= 4 is 17.5 Å². The van der Waals surface area contributed by atoms with Gasteiger partial charge in [0, 0.05) is 31.3 Å². The fourth-order valence-corrected chi connectivity index (χ4v) is 2.88. The van der Waals surface area contributed by atoms with Gasteiger partial charge in [0.1, 0.15) is 5.75 Å². The summed E-state index contributed by atoms with van der Waals surface area (Å²) in [5.74, 6) is -0.0399. The van der Waals surface area contributed by atoms with Gasteiger partial charge in [-0.05, 0) is 36.2 Å². The molecule has 1 saturated heterocycles. The average molecular weight is 372 g/mol. The number of ether oxygens (including phenoxy) is 2. The Labute approximate surface area is 156 Å². The molecule has 0 radical (unpaired) electrons. The zero-order valence-electron chi connectivity index (χ0n) is 15.0. The van der Waals surface area contributed by atoms with Crippen LogP contribution < -0.4 is 19.7 Å². The molecule has 142 valence electrons. The fraction of sp³-hybridized carbons (Fsp3) is 0.300. The van der Waals surface area contributed by atoms with Crippen molar-refractivity contribution in [2.75, 3.05) is 25.2 Å². The lowest BCUT2D eigenvalue weighted by atomic mass is 10.2. The van der Waals surface area contributed by atoms with Crippen LogP contribution in [0.3, 0.4) is 0 Å². The van der Waals surface area contributed by atoms with E-state index in [0.717, 1.165) is 12.1 Å². The van der Waals surface area contributed by atoms with E-state index in [1.54, 1.807) is 29.2 Å². The molecule has 2 aromatic rings. The molecule has 0 saturated carbocycles. The number of anilines is 1. The van der Waals surface area contributed by atoms with Crippen molar-refractivity contribution in [2.24, 2.45) is 0 Å². The monoisotopic (exact) mass is 372 g/mol. The third-order valence-electron chi connectivity index (χ3n) is 4.28. The highest BCUT2D eigenvalue weighted by Gasteiger charge is 2.21. The van der Waals surface area contributed by atoms with Crippen molar-refractivity contribution in [1.82, 2.24) is 5.32 Å². The molecule has 1 heterocycles. The molecule has 0 aliphatic carbocycles. The van der Waals surface area contributed by atoms with Crippen LogP contribution in [0.25, 0.3) is 0 Å². The number of nitrogens with zero attached hydrogens (tertiary/aromatic N) is 1. The van der Waals surface area contributed by atoms with Gasteiger partial charge in [-0.2, -0.15) is 0 Å². The van der Waals surface area contributed by atoms with E-state index in [4.69, 9.17) is 9.47 Å². The Balaban J connectivity index is 1.50. The first-order valence-electron chi connectivity index (χ1n) is 8.69. The normalized spacial score (nSPS) is 13.6. The van der Waals surface area contributed by atoms with Crippen molar-refractivity contribution in [2.45, 2.75) is 19.4 Å². The zero-order chi connectivity index (χ0) is 19.2. The minimum atomic E-state index is -0.478. The summed E-state index contributed by atoms with van der Waals surface area (Å²) in [5.41, 5.74) is 1.39. The summed E-state index contributed by atoms with van der Waals surface area (Å²) >= 11 is 0. The SMILES string of the molecule is COc1ccc(CNC(=O)COc2cccc(N3CCCC3=O)c2)cc1F. The molecule has 27 heavy (non-hydrogen) atoms. The summed E-state index contributed by atoms with van der Waals surface area (Å²) in [6.45, 7) is 0.711. The van der Waals surface area contributed by atoms with Gasteiger partial charge in [-0.25, -0.2) is 4.39 Å². The highest BCUT2D eigenvalue weighted by atomic mass is 19.1. The number of hydrogen-bond donors (Lipinski definition) is 1. The van der Waals surface area contributed by atoms with Crippen molar-refractivity contribution in [3.8, 4) is 11.5 Å². The maximum atomic E-state index is 13.6. The number of halogens is 1. The third-order valence-corrected chi connectivity index (χ3v) is 4.28. The van der Waals surface area contributed by atoms with Crippen LogP contribution in [0, 0.1) is 5.82 Å². The van der Waals surface area contributed by atoms with Crippen LogP contribution in [-0.4, -0.2) is 32.1 Å². The zero-order valence-corrected chi connectivity index (χ0v) is 15.0. The van der Waals surface area contributed by atoms with Gasteiger partial charge in [0.2, 0.25) is 5.91 Å². The summed E-state index contributed by atoms with van der Waals surface area (Å²) < 4.78 is 24.0. The Bertz CT molecular complexity index is 840. The molecule has 3 rings (SSSR count). The van der Waals surface area contributed by atoms with Crippen LogP contribution >= 0.6 is 0 Å². The number of hydrogen-bond acceptors (Lipinski definition) is 4. The average Bonchev–Trinajstić information content (AvgIpc) is 3.11. The van der Waals surface area contributed by atoms with Crippen molar-refractivity contribution in [1.29, 1.82) is 0 Å². The molecular formula is C20H21FN2O4. The second-order valence-electron chi connectivity index (χ2n) is 6.18. The van der Waals surface area contributed by atoms with Crippen LogP contribution in [0.15, 0.2) is 42.5 Å². The number of amides is 2. The molecule has 7 heteroatoms. The first-order chi connectivity index (χ1) is 13.1. The second-order valence-corrected chi connectivity index (χ2v) is 6.18. The molecule has 1 N–H and O–H groups in total. The van der Waals surface area contributed by atoms with E-state index in [1.807, 2.05) is 6.07 Å². The van der Waals surface area contributed by atoms with Gasteiger partial charge in [-0.15, -0.1) is 0 Å². The van der Waals surface area contributed by atoms with E-state index in [9.17, 15) is 14.0 Å².